The highest BCUT2D eigenvalue weighted by atomic mass is 31.2. The highest BCUT2D eigenvalue weighted by Crippen LogP contribution is 2.48. The number of hydrogen-bond acceptors (Lipinski definition) is 5. The van der Waals surface area contributed by atoms with Crippen molar-refractivity contribution in [3.05, 3.63) is 0 Å². The van der Waals surface area contributed by atoms with Gasteiger partial charge in [0.1, 0.15) is 6.16 Å². The molecule has 14 heavy (non-hydrogen) atoms. The van der Waals surface area contributed by atoms with Crippen molar-refractivity contribution >= 4 is 7.60 Å². The van der Waals surface area contributed by atoms with E-state index in [2.05, 4.69) is 0 Å². The molecule has 0 spiro atoms. The number of rotatable bonds is 8. The Bertz CT molecular complexity index is 171. The molecule has 0 aliphatic heterocycles. The van der Waals surface area contributed by atoms with Crippen LogP contribution in [-0.2, 0) is 23.1 Å². The molecular formula is C8H19O5P. The zero-order chi connectivity index (χ0) is 11.0. The molecule has 0 aliphatic rings. The lowest BCUT2D eigenvalue weighted by atomic mass is 10.7. The normalized spacial score (nSPS) is 12.4. The molecule has 0 aromatic heterocycles. The van der Waals surface area contributed by atoms with Crippen molar-refractivity contribution in [2.24, 2.45) is 0 Å². The van der Waals surface area contributed by atoms with Gasteiger partial charge in [0.2, 0.25) is 0 Å². The van der Waals surface area contributed by atoms with Gasteiger partial charge in [0.25, 0.3) is 0 Å². The van der Waals surface area contributed by atoms with Crippen LogP contribution in [-0.4, -0.2) is 39.9 Å². The van der Waals surface area contributed by atoms with Crippen molar-refractivity contribution in [1.29, 1.82) is 0 Å². The number of hydrogen-bond donors (Lipinski definition) is 0. The maximum absolute atomic E-state index is 11.9. The van der Waals surface area contributed by atoms with Crippen LogP contribution in [0.15, 0.2) is 0 Å². The highest BCUT2D eigenvalue weighted by molar-refractivity contribution is 7.53. The SMILES string of the molecule is CCOP(=O)(CC(OC)OC)OCC. The Kier molecular flexibility index (Phi) is 7.41. The van der Waals surface area contributed by atoms with E-state index < -0.39 is 13.9 Å². The summed E-state index contributed by atoms with van der Waals surface area (Å²) < 4.78 is 32.0. The Hall–Kier alpha value is 0.0700. The molecule has 0 bridgehead atoms. The number of methoxy groups -OCH3 is 2. The quantitative estimate of drug-likeness (QED) is 0.467. The Morgan fingerprint density at radius 2 is 1.50 bits per heavy atom. The molecule has 0 unspecified atom stereocenters. The van der Waals surface area contributed by atoms with Crippen LogP contribution in [0.4, 0.5) is 0 Å². The minimum atomic E-state index is -3.06. The minimum Gasteiger partial charge on any atom is -0.355 e. The molecule has 0 aromatic rings. The van der Waals surface area contributed by atoms with E-state index in [1.807, 2.05) is 0 Å². The van der Waals surface area contributed by atoms with Crippen molar-refractivity contribution < 1.29 is 23.1 Å². The second-order valence-electron chi connectivity index (χ2n) is 2.53. The van der Waals surface area contributed by atoms with E-state index in [4.69, 9.17) is 18.5 Å². The molecular weight excluding hydrogens is 207 g/mol. The van der Waals surface area contributed by atoms with Gasteiger partial charge in [-0.15, -0.1) is 0 Å². The van der Waals surface area contributed by atoms with Gasteiger partial charge in [-0.3, -0.25) is 4.57 Å². The minimum absolute atomic E-state index is 0.113. The van der Waals surface area contributed by atoms with E-state index in [1.165, 1.54) is 14.2 Å². The molecule has 0 N–H and O–H groups in total. The van der Waals surface area contributed by atoms with Crippen molar-refractivity contribution in [1.82, 2.24) is 0 Å². The topological polar surface area (TPSA) is 54.0 Å². The van der Waals surface area contributed by atoms with Gasteiger partial charge in [0.05, 0.1) is 13.2 Å². The fraction of sp³-hybridized carbons (Fsp3) is 1.00. The fourth-order valence-corrected chi connectivity index (χ4v) is 2.70. The smallest absolute Gasteiger partial charge is 0.335 e. The maximum atomic E-state index is 11.9. The molecule has 0 heterocycles. The molecule has 0 fully saturated rings. The van der Waals surface area contributed by atoms with Gasteiger partial charge in [-0.1, -0.05) is 0 Å². The first kappa shape index (κ1) is 14.1. The van der Waals surface area contributed by atoms with Crippen LogP contribution < -0.4 is 0 Å². The molecule has 0 aliphatic carbocycles. The van der Waals surface area contributed by atoms with Crippen molar-refractivity contribution in [2.45, 2.75) is 20.1 Å². The largest absolute Gasteiger partial charge is 0.355 e. The van der Waals surface area contributed by atoms with Crippen LogP contribution >= 0.6 is 7.60 Å². The van der Waals surface area contributed by atoms with E-state index in [0.717, 1.165) is 0 Å². The summed E-state index contributed by atoms with van der Waals surface area (Å²) in [4.78, 5) is 0. The molecule has 0 aromatic carbocycles. The monoisotopic (exact) mass is 226 g/mol. The Labute approximate surface area is 85.2 Å². The van der Waals surface area contributed by atoms with Gasteiger partial charge >= 0.3 is 7.60 Å². The third kappa shape index (κ3) is 5.08. The van der Waals surface area contributed by atoms with Gasteiger partial charge < -0.3 is 18.5 Å². The van der Waals surface area contributed by atoms with Crippen LogP contribution in [0, 0.1) is 0 Å². The lowest BCUT2D eigenvalue weighted by molar-refractivity contribution is -0.0882. The third-order valence-corrected chi connectivity index (χ3v) is 3.60. The van der Waals surface area contributed by atoms with Crippen molar-refractivity contribution in [2.75, 3.05) is 33.6 Å². The maximum Gasteiger partial charge on any atom is 0.335 e. The first-order valence-electron chi connectivity index (χ1n) is 4.55. The standard InChI is InChI=1S/C8H19O5P/c1-5-12-14(9,13-6-2)7-8(10-3)11-4/h8H,5-7H2,1-4H3. The Morgan fingerprint density at radius 1 is 1.07 bits per heavy atom. The zero-order valence-electron chi connectivity index (χ0n) is 9.19. The van der Waals surface area contributed by atoms with Gasteiger partial charge in [-0.05, 0) is 13.8 Å². The molecule has 86 valence electrons. The van der Waals surface area contributed by atoms with Crippen molar-refractivity contribution in [3.8, 4) is 0 Å². The number of ether oxygens (including phenoxy) is 2. The summed E-state index contributed by atoms with van der Waals surface area (Å²) in [6.45, 7) is 4.22. The average Bonchev–Trinajstić information content (AvgIpc) is 2.15. The predicted octanol–water partition coefficient (Wildman–Crippen LogP) is 1.87. The lowest BCUT2D eigenvalue weighted by Gasteiger charge is -2.21. The second kappa shape index (κ2) is 7.37. The van der Waals surface area contributed by atoms with Crippen molar-refractivity contribution in [3.63, 3.8) is 0 Å². The molecule has 0 radical (unpaired) electrons. The molecule has 5 nitrogen and oxygen atoms in total. The third-order valence-electron chi connectivity index (χ3n) is 1.55. The van der Waals surface area contributed by atoms with E-state index in [9.17, 15) is 4.57 Å². The highest BCUT2D eigenvalue weighted by Gasteiger charge is 2.28. The molecule has 0 saturated carbocycles. The van der Waals surface area contributed by atoms with Gasteiger partial charge in [-0.25, -0.2) is 0 Å². The molecule has 0 rings (SSSR count). The lowest BCUT2D eigenvalue weighted by Crippen LogP contribution is -2.19. The predicted molar refractivity (Wildman–Crippen MR) is 53.5 cm³/mol. The van der Waals surface area contributed by atoms with Crippen LogP contribution in [0.5, 0.6) is 0 Å². The average molecular weight is 226 g/mol. The molecule has 0 saturated heterocycles. The first-order valence-corrected chi connectivity index (χ1v) is 6.28. The molecule has 0 amide bonds. The molecule has 0 atom stereocenters. The Balaban J connectivity index is 4.26. The summed E-state index contributed by atoms with van der Waals surface area (Å²) >= 11 is 0. The summed E-state index contributed by atoms with van der Waals surface area (Å²) in [6.07, 6.45) is -0.444. The van der Waals surface area contributed by atoms with E-state index in [1.54, 1.807) is 13.8 Å². The van der Waals surface area contributed by atoms with Crippen LogP contribution in [0.1, 0.15) is 13.8 Å². The fourth-order valence-electron chi connectivity index (χ4n) is 0.964. The van der Waals surface area contributed by atoms with E-state index >= 15 is 0 Å². The van der Waals surface area contributed by atoms with Crippen LogP contribution in [0.2, 0.25) is 0 Å². The summed E-state index contributed by atoms with van der Waals surface area (Å²) in [5.74, 6) is 0. The second-order valence-corrected chi connectivity index (χ2v) is 4.63. The van der Waals surface area contributed by atoms with Gasteiger partial charge in [-0.2, -0.15) is 0 Å². The zero-order valence-corrected chi connectivity index (χ0v) is 10.1. The van der Waals surface area contributed by atoms with Crippen LogP contribution in [0.25, 0.3) is 0 Å². The summed E-state index contributed by atoms with van der Waals surface area (Å²) in [5.41, 5.74) is 0. The van der Waals surface area contributed by atoms with E-state index in [-0.39, 0.29) is 6.16 Å². The molecule has 6 heteroatoms. The van der Waals surface area contributed by atoms with Gasteiger partial charge in [0.15, 0.2) is 6.29 Å². The Morgan fingerprint density at radius 3 is 1.79 bits per heavy atom. The summed E-state index contributed by atoms with van der Waals surface area (Å²) in [7, 11) is -0.0934. The first-order chi connectivity index (χ1) is 6.61. The summed E-state index contributed by atoms with van der Waals surface area (Å²) in [6, 6.07) is 0. The van der Waals surface area contributed by atoms with E-state index in [0.29, 0.717) is 13.2 Å². The van der Waals surface area contributed by atoms with Crippen LogP contribution in [0.3, 0.4) is 0 Å². The van der Waals surface area contributed by atoms with Gasteiger partial charge in [0, 0.05) is 14.2 Å². The summed E-state index contributed by atoms with van der Waals surface area (Å²) in [5, 5.41) is 0.